The highest BCUT2D eigenvalue weighted by Crippen LogP contribution is 2.38. The lowest BCUT2D eigenvalue weighted by atomic mass is 9.98. The number of hydrazone groups is 1. The topological polar surface area (TPSA) is 68.2 Å². The maximum atomic E-state index is 12.9. The van der Waals surface area contributed by atoms with Gasteiger partial charge in [-0.25, -0.2) is 8.42 Å². The van der Waals surface area contributed by atoms with E-state index in [1.165, 1.54) is 24.3 Å². The van der Waals surface area contributed by atoms with Gasteiger partial charge >= 0.3 is 5.76 Å². The summed E-state index contributed by atoms with van der Waals surface area (Å²) in [4.78, 5) is -0.430. The summed E-state index contributed by atoms with van der Waals surface area (Å²) < 4.78 is 59.8. The molecule has 1 aliphatic rings. The second-order valence-electron chi connectivity index (χ2n) is 7.41. The Balaban J connectivity index is 1.71. The molecule has 0 saturated heterocycles. The Hall–Kier alpha value is -3.46. The molecule has 0 amide bonds. The fourth-order valence-corrected chi connectivity index (χ4v) is 4.40. The monoisotopic (exact) mass is 472 g/mol. The van der Waals surface area contributed by atoms with Crippen LogP contribution in [0.2, 0.25) is 0 Å². The zero-order chi connectivity index (χ0) is 23.6. The second kappa shape index (κ2) is 9.19. The lowest BCUT2D eigenvalue weighted by Gasteiger charge is -2.24. The molecule has 0 radical (unpaired) electrons. The van der Waals surface area contributed by atoms with Crippen LogP contribution in [0.5, 0.6) is 11.5 Å². The maximum Gasteiger partial charge on any atom is 0.341 e. The fourth-order valence-electron chi connectivity index (χ4n) is 3.68. The molecule has 1 unspecified atom stereocenters. The summed E-state index contributed by atoms with van der Waals surface area (Å²) in [5.41, 5.74) is 3.33. The second-order valence-corrected chi connectivity index (χ2v) is 9.33. The number of halogens is 2. The maximum absolute atomic E-state index is 12.9. The van der Waals surface area contributed by atoms with Gasteiger partial charge in [-0.3, -0.25) is 5.01 Å². The van der Waals surface area contributed by atoms with E-state index < -0.39 is 20.5 Å². The number of methoxy groups -OCH3 is 2. The van der Waals surface area contributed by atoms with Gasteiger partial charge in [0.25, 0.3) is 0 Å². The van der Waals surface area contributed by atoms with Gasteiger partial charge in [0, 0.05) is 6.42 Å². The summed E-state index contributed by atoms with van der Waals surface area (Å²) in [6, 6.07) is 20.3. The molecule has 172 valence electrons. The van der Waals surface area contributed by atoms with Crippen LogP contribution in [0, 0.1) is 0 Å². The predicted octanol–water partition coefficient (Wildman–Crippen LogP) is 5.06. The quantitative estimate of drug-likeness (QED) is 0.481. The van der Waals surface area contributed by atoms with Crippen LogP contribution in [0.4, 0.5) is 14.5 Å². The van der Waals surface area contributed by atoms with Crippen LogP contribution >= 0.6 is 0 Å². The molecule has 3 aromatic carbocycles. The molecular formula is C24H22F2N2O4S. The van der Waals surface area contributed by atoms with Crippen molar-refractivity contribution in [2.45, 2.75) is 23.1 Å². The van der Waals surface area contributed by atoms with Crippen molar-refractivity contribution in [2.24, 2.45) is 5.10 Å². The summed E-state index contributed by atoms with van der Waals surface area (Å²) in [5, 5.41) is 6.57. The van der Waals surface area contributed by atoms with Crippen LogP contribution < -0.4 is 14.5 Å². The first-order valence-corrected chi connectivity index (χ1v) is 11.7. The van der Waals surface area contributed by atoms with Gasteiger partial charge in [0.15, 0.2) is 0 Å². The van der Waals surface area contributed by atoms with Crippen molar-refractivity contribution in [3.63, 3.8) is 0 Å². The standard InChI is InChI=1S/C24H22F2N2O4S/c1-31-19-9-3-16(4-10-19)22-15-23(17-5-11-20(32-2)12-6-17)28(27-22)18-7-13-21(14-8-18)33(29,30)24(25)26/h3-14,23-24H,15H2,1-2H3. The van der Waals surface area contributed by atoms with Gasteiger partial charge in [-0.2, -0.15) is 13.9 Å². The molecule has 33 heavy (non-hydrogen) atoms. The van der Waals surface area contributed by atoms with Gasteiger partial charge < -0.3 is 9.47 Å². The van der Waals surface area contributed by atoms with E-state index in [1.54, 1.807) is 19.2 Å². The van der Waals surface area contributed by atoms with Crippen LogP contribution in [0.1, 0.15) is 23.6 Å². The van der Waals surface area contributed by atoms with E-state index in [9.17, 15) is 17.2 Å². The van der Waals surface area contributed by atoms with Crippen LogP contribution in [0.25, 0.3) is 0 Å². The lowest BCUT2D eigenvalue weighted by Crippen LogP contribution is -2.19. The number of sulfone groups is 1. The number of rotatable bonds is 7. The fraction of sp³-hybridized carbons (Fsp3) is 0.208. The van der Waals surface area contributed by atoms with E-state index in [-0.39, 0.29) is 6.04 Å². The van der Waals surface area contributed by atoms with Gasteiger partial charge in [0.05, 0.1) is 36.6 Å². The Kier molecular flexibility index (Phi) is 6.33. The number of ether oxygens (including phenoxy) is 2. The normalized spacial score (nSPS) is 16.1. The Bertz CT molecular complexity index is 1240. The molecule has 0 fully saturated rings. The van der Waals surface area contributed by atoms with E-state index >= 15 is 0 Å². The molecule has 6 nitrogen and oxygen atoms in total. The molecule has 1 heterocycles. The number of anilines is 1. The third-order valence-electron chi connectivity index (χ3n) is 5.50. The molecule has 1 aliphatic heterocycles. The van der Waals surface area contributed by atoms with E-state index in [2.05, 4.69) is 0 Å². The molecule has 3 aromatic rings. The molecule has 0 bridgehead atoms. The van der Waals surface area contributed by atoms with Crippen molar-refractivity contribution in [1.29, 1.82) is 0 Å². The number of hydrogen-bond acceptors (Lipinski definition) is 6. The minimum absolute atomic E-state index is 0.175. The average Bonchev–Trinajstić information content (AvgIpc) is 3.29. The van der Waals surface area contributed by atoms with Crippen LogP contribution in [-0.4, -0.2) is 34.1 Å². The summed E-state index contributed by atoms with van der Waals surface area (Å²) in [7, 11) is -1.47. The minimum atomic E-state index is -4.66. The van der Waals surface area contributed by atoms with Crippen molar-refractivity contribution in [3.8, 4) is 11.5 Å². The Morgan fingerprint density at radius 2 is 1.42 bits per heavy atom. The van der Waals surface area contributed by atoms with Gasteiger partial charge in [0.1, 0.15) is 11.5 Å². The number of benzene rings is 3. The van der Waals surface area contributed by atoms with E-state index in [0.717, 1.165) is 28.3 Å². The lowest BCUT2D eigenvalue weighted by molar-refractivity contribution is 0.234. The first-order valence-electron chi connectivity index (χ1n) is 10.1. The highest BCUT2D eigenvalue weighted by Gasteiger charge is 2.31. The molecule has 9 heteroatoms. The molecular weight excluding hydrogens is 450 g/mol. The van der Waals surface area contributed by atoms with E-state index in [0.29, 0.717) is 12.1 Å². The summed E-state index contributed by atoms with van der Waals surface area (Å²) in [6.45, 7) is 0. The van der Waals surface area contributed by atoms with Crippen molar-refractivity contribution in [3.05, 3.63) is 83.9 Å². The molecule has 4 rings (SSSR count). The van der Waals surface area contributed by atoms with Crippen LogP contribution in [-0.2, 0) is 9.84 Å². The molecule has 0 saturated carbocycles. The minimum Gasteiger partial charge on any atom is -0.497 e. The molecule has 0 N–H and O–H groups in total. The van der Waals surface area contributed by atoms with Gasteiger partial charge in [-0.15, -0.1) is 0 Å². The Labute approximate surface area is 191 Å². The molecule has 1 atom stereocenters. The van der Waals surface area contributed by atoms with Crippen LogP contribution in [0.15, 0.2) is 82.8 Å². The Morgan fingerprint density at radius 3 is 1.94 bits per heavy atom. The van der Waals surface area contributed by atoms with Crippen molar-refractivity contribution >= 4 is 21.2 Å². The van der Waals surface area contributed by atoms with Gasteiger partial charge in [-0.05, 0) is 71.8 Å². The smallest absolute Gasteiger partial charge is 0.341 e. The largest absolute Gasteiger partial charge is 0.497 e. The highest BCUT2D eigenvalue weighted by atomic mass is 32.2. The van der Waals surface area contributed by atoms with Crippen molar-refractivity contribution < 1.29 is 26.7 Å². The van der Waals surface area contributed by atoms with Crippen molar-refractivity contribution in [1.82, 2.24) is 0 Å². The number of nitrogens with zero attached hydrogens (tertiary/aromatic N) is 2. The van der Waals surface area contributed by atoms with Crippen molar-refractivity contribution in [2.75, 3.05) is 19.2 Å². The first kappa shape index (κ1) is 22.7. The first-order chi connectivity index (χ1) is 15.8. The average molecular weight is 473 g/mol. The van der Waals surface area contributed by atoms with E-state index in [1.807, 2.05) is 48.5 Å². The van der Waals surface area contributed by atoms with Gasteiger partial charge in [-0.1, -0.05) is 12.1 Å². The summed E-state index contributed by atoms with van der Waals surface area (Å²) in [6.07, 6.45) is 0.593. The molecule has 0 aromatic heterocycles. The summed E-state index contributed by atoms with van der Waals surface area (Å²) >= 11 is 0. The van der Waals surface area contributed by atoms with Crippen LogP contribution in [0.3, 0.4) is 0 Å². The molecule has 0 spiro atoms. The Morgan fingerprint density at radius 1 is 0.879 bits per heavy atom. The number of alkyl halides is 2. The third kappa shape index (κ3) is 4.54. The zero-order valence-corrected chi connectivity index (χ0v) is 18.8. The summed E-state index contributed by atoms with van der Waals surface area (Å²) in [5.74, 6) is -2.01. The third-order valence-corrected chi connectivity index (χ3v) is 6.90. The molecule has 0 aliphatic carbocycles. The number of hydrogen-bond donors (Lipinski definition) is 0. The van der Waals surface area contributed by atoms with Gasteiger partial charge in [0.2, 0.25) is 9.84 Å². The predicted molar refractivity (Wildman–Crippen MR) is 122 cm³/mol. The zero-order valence-electron chi connectivity index (χ0n) is 18.0. The SMILES string of the molecule is COc1ccc(C2=NN(c3ccc(S(=O)(=O)C(F)F)cc3)C(c3ccc(OC)cc3)C2)cc1. The van der Waals surface area contributed by atoms with E-state index in [4.69, 9.17) is 14.6 Å². The highest BCUT2D eigenvalue weighted by molar-refractivity contribution is 7.91.